The number of anilines is 1. The van der Waals surface area contributed by atoms with E-state index in [1.807, 2.05) is 23.6 Å². The molecular weight excluding hydrogens is 376 g/mol. The van der Waals surface area contributed by atoms with Crippen LogP contribution in [0.15, 0.2) is 71.7 Å². The zero-order valence-corrected chi connectivity index (χ0v) is 15.5. The van der Waals surface area contributed by atoms with Gasteiger partial charge in [-0.1, -0.05) is 24.3 Å². The molecule has 1 aromatic heterocycles. The molecule has 0 radical (unpaired) electrons. The van der Waals surface area contributed by atoms with Crippen LogP contribution >= 0.6 is 11.3 Å². The van der Waals surface area contributed by atoms with E-state index >= 15 is 0 Å². The van der Waals surface area contributed by atoms with Gasteiger partial charge in [-0.2, -0.15) is 0 Å². The quantitative estimate of drug-likeness (QED) is 0.646. The number of nitrogens with one attached hydrogen (secondary N) is 2. The van der Waals surface area contributed by atoms with Gasteiger partial charge in [0.05, 0.1) is 0 Å². The Morgan fingerprint density at radius 2 is 1.79 bits per heavy atom. The van der Waals surface area contributed by atoms with E-state index < -0.39 is 5.91 Å². The second kappa shape index (κ2) is 7.98. The molecule has 2 aromatic carbocycles. The first-order valence-corrected chi connectivity index (χ1v) is 9.39. The van der Waals surface area contributed by atoms with Crippen molar-refractivity contribution >= 4 is 34.9 Å². The van der Waals surface area contributed by atoms with Crippen molar-refractivity contribution in [1.29, 1.82) is 0 Å². The molecule has 28 heavy (non-hydrogen) atoms. The number of hydrogen-bond acceptors (Lipinski definition) is 5. The topological polar surface area (TPSA) is 76.7 Å². The first kappa shape index (κ1) is 17.8. The van der Waals surface area contributed by atoms with E-state index in [4.69, 9.17) is 9.47 Å². The molecule has 0 unspecified atom stereocenters. The Morgan fingerprint density at radius 1 is 0.964 bits per heavy atom. The highest BCUT2D eigenvalue weighted by molar-refractivity contribution is 7.10. The first-order valence-electron chi connectivity index (χ1n) is 8.52. The Morgan fingerprint density at radius 3 is 2.57 bits per heavy atom. The van der Waals surface area contributed by atoms with Gasteiger partial charge in [-0.3, -0.25) is 9.59 Å². The van der Waals surface area contributed by atoms with Crippen LogP contribution in [0, 0.1) is 0 Å². The molecule has 3 aromatic rings. The maximum absolute atomic E-state index is 12.8. The van der Waals surface area contributed by atoms with E-state index in [0.717, 1.165) is 4.88 Å². The molecule has 1 aliphatic heterocycles. The minimum atomic E-state index is -0.434. The average molecular weight is 392 g/mol. The summed E-state index contributed by atoms with van der Waals surface area (Å²) in [5.41, 5.74) is 1.16. The number of amides is 2. The lowest BCUT2D eigenvalue weighted by Crippen LogP contribution is -2.30. The highest BCUT2D eigenvalue weighted by Crippen LogP contribution is 2.34. The summed E-state index contributed by atoms with van der Waals surface area (Å²) in [4.78, 5) is 26.2. The number of benzene rings is 2. The number of hydrogen-bond donors (Lipinski definition) is 2. The van der Waals surface area contributed by atoms with Crippen molar-refractivity contribution in [3.05, 3.63) is 82.2 Å². The fourth-order valence-corrected chi connectivity index (χ4v) is 3.29. The van der Waals surface area contributed by atoms with Gasteiger partial charge in [0.1, 0.15) is 5.70 Å². The Bertz CT molecular complexity index is 1030. The van der Waals surface area contributed by atoms with Crippen LogP contribution in [0.4, 0.5) is 5.69 Å². The van der Waals surface area contributed by atoms with Crippen LogP contribution in [-0.2, 0) is 4.79 Å². The summed E-state index contributed by atoms with van der Waals surface area (Å²) in [5.74, 6) is 0.403. The van der Waals surface area contributed by atoms with Crippen molar-refractivity contribution in [3.8, 4) is 11.5 Å². The molecule has 140 valence electrons. The van der Waals surface area contributed by atoms with Crippen molar-refractivity contribution in [2.75, 3.05) is 12.1 Å². The van der Waals surface area contributed by atoms with Crippen molar-refractivity contribution in [1.82, 2.24) is 5.32 Å². The van der Waals surface area contributed by atoms with Gasteiger partial charge >= 0.3 is 0 Å². The number of ether oxygens (including phenoxy) is 2. The summed E-state index contributed by atoms with van der Waals surface area (Å²) in [6.45, 7) is 0.156. The largest absolute Gasteiger partial charge is 0.454 e. The van der Waals surface area contributed by atoms with Gasteiger partial charge in [0.2, 0.25) is 6.79 Å². The van der Waals surface area contributed by atoms with Crippen LogP contribution in [0.2, 0.25) is 0 Å². The number of thiophene rings is 1. The van der Waals surface area contributed by atoms with Gasteiger partial charge in [-0.25, -0.2) is 0 Å². The normalized spacial score (nSPS) is 12.5. The standard InChI is InChI=1S/C21H16N2O4S/c24-20(14-5-2-1-3-6-14)23-17(12-16-7-4-10-28-16)21(25)22-15-8-9-18-19(11-15)27-13-26-18/h1-12H,13H2,(H,22,25)(H,23,24)/b17-12-. The zero-order chi connectivity index (χ0) is 19.3. The summed E-state index contributed by atoms with van der Waals surface area (Å²) < 4.78 is 10.6. The predicted octanol–water partition coefficient (Wildman–Crippen LogP) is 3.89. The fourth-order valence-electron chi connectivity index (χ4n) is 2.63. The molecule has 0 bridgehead atoms. The molecule has 4 rings (SSSR count). The third-order valence-electron chi connectivity index (χ3n) is 3.99. The van der Waals surface area contributed by atoms with Crippen LogP contribution in [0.3, 0.4) is 0 Å². The summed E-state index contributed by atoms with van der Waals surface area (Å²) in [6.07, 6.45) is 1.65. The highest BCUT2D eigenvalue weighted by atomic mass is 32.1. The van der Waals surface area contributed by atoms with Crippen molar-refractivity contribution in [2.24, 2.45) is 0 Å². The molecule has 6 nitrogen and oxygen atoms in total. The Kier molecular flexibility index (Phi) is 5.07. The minimum absolute atomic E-state index is 0.147. The van der Waals surface area contributed by atoms with E-state index in [0.29, 0.717) is 22.7 Å². The summed E-state index contributed by atoms with van der Waals surface area (Å²) in [6, 6.07) is 17.6. The van der Waals surface area contributed by atoms with Gasteiger partial charge in [0.15, 0.2) is 11.5 Å². The molecule has 2 heterocycles. The Balaban J connectivity index is 1.56. The Labute approximate surface area is 165 Å². The smallest absolute Gasteiger partial charge is 0.272 e. The van der Waals surface area contributed by atoms with Crippen LogP contribution in [0.25, 0.3) is 6.08 Å². The SMILES string of the molecule is O=C(Nc1ccc2c(c1)OCO2)/C(=C/c1cccs1)NC(=O)c1ccccc1. The van der Waals surface area contributed by atoms with Crippen molar-refractivity contribution < 1.29 is 19.1 Å². The van der Waals surface area contributed by atoms with Crippen LogP contribution < -0.4 is 20.1 Å². The van der Waals surface area contributed by atoms with Gasteiger partial charge in [0.25, 0.3) is 11.8 Å². The maximum Gasteiger partial charge on any atom is 0.272 e. The van der Waals surface area contributed by atoms with E-state index in [9.17, 15) is 9.59 Å². The van der Waals surface area contributed by atoms with E-state index in [-0.39, 0.29) is 18.4 Å². The number of fused-ring (bicyclic) bond motifs is 1. The van der Waals surface area contributed by atoms with E-state index in [1.54, 1.807) is 48.5 Å². The monoisotopic (exact) mass is 392 g/mol. The summed E-state index contributed by atoms with van der Waals surface area (Å²) in [7, 11) is 0. The lowest BCUT2D eigenvalue weighted by Gasteiger charge is -2.11. The van der Waals surface area contributed by atoms with Gasteiger partial charge in [-0.05, 0) is 41.8 Å². The summed E-state index contributed by atoms with van der Waals surface area (Å²) in [5, 5.41) is 7.39. The number of rotatable bonds is 5. The molecule has 0 saturated carbocycles. The van der Waals surface area contributed by atoms with Gasteiger partial charge in [-0.15, -0.1) is 11.3 Å². The molecule has 0 atom stereocenters. The Hall–Kier alpha value is -3.58. The van der Waals surface area contributed by atoms with E-state index in [2.05, 4.69) is 10.6 Å². The van der Waals surface area contributed by atoms with Gasteiger partial charge < -0.3 is 20.1 Å². The molecule has 0 saturated heterocycles. The third kappa shape index (κ3) is 4.05. The molecule has 0 spiro atoms. The third-order valence-corrected chi connectivity index (χ3v) is 4.81. The van der Waals surface area contributed by atoms with Gasteiger partial charge in [0, 0.05) is 22.2 Å². The molecule has 0 fully saturated rings. The van der Waals surface area contributed by atoms with Crippen LogP contribution in [-0.4, -0.2) is 18.6 Å². The van der Waals surface area contributed by atoms with E-state index in [1.165, 1.54) is 11.3 Å². The maximum atomic E-state index is 12.8. The molecule has 0 aliphatic carbocycles. The second-order valence-electron chi connectivity index (χ2n) is 5.92. The average Bonchev–Trinajstić information content (AvgIpc) is 3.39. The molecule has 7 heteroatoms. The lowest BCUT2D eigenvalue weighted by atomic mass is 10.2. The fraction of sp³-hybridized carbons (Fsp3) is 0.0476. The second-order valence-corrected chi connectivity index (χ2v) is 6.90. The number of carbonyl (C=O) groups is 2. The minimum Gasteiger partial charge on any atom is -0.454 e. The predicted molar refractivity (Wildman–Crippen MR) is 107 cm³/mol. The highest BCUT2D eigenvalue weighted by Gasteiger charge is 2.18. The lowest BCUT2D eigenvalue weighted by molar-refractivity contribution is -0.113. The van der Waals surface area contributed by atoms with Crippen LogP contribution in [0.1, 0.15) is 15.2 Å². The van der Waals surface area contributed by atoms with Crippen LogP contribution in [0.5, 0.6) is 11.5 Å². The molecule has 1 aliphatic rings. The summed E-state index contributed by atoms with van der Waals surface area (Å²) >= 11 is 1.47. The van der Waals surface area contributed by atoms with Crippen molar-refractivity contribution in [3.63, 3.8) is 0 Å². The molecule has 2 N–H and O–H groups in total. The first-order chi connectivity index (χ1) is 13.7. The molecule has 2 amide bonds. The van der Waals surface area contributed by atoms with Crippen molar-refractivity contribution in [2.45, 2.75) is 0 Å². The zero-order valence-electron chi connectivity index (χ0n) is 14.7. The number of carbonyl (C=O) groups excluding carboxylic acids is 2. The molecular formula is C21H16N2O4S.